The number of ether oxygens (including phenoxy) is 1. The number of carbonyl (C=O) groups is 2. The molecule has 0 heterocycles. The van der Waals surface area contributed by atoms with Gasteiger partial charge in [0.25, 0.3) is 0 Å². The predicted molar refractivity (Wildman–Crippen MR) is 101 cm³/mol. The van der Waals surface area contributed by atoms with E-state index in [2.05, 4.69) is 5.32 Å². The van der Waals surface area contributed by atoms with Crippen LogP contribution in [0, 0.1) is 0 Å². The Morgan fingerprint density at radius 2 is 1.84 bits per heavy atom. The molecule has 0 unspecified atom stereocenters. The molecule has 1 amide bonds. The molecule has 0 aliphatic rings. The van der Waals surface area contributed by atoms with E-state index in [0.29, 0.717) is 19.6 Å². The summed E-state index contributed by atoms with van der Waals surface area (Å²) in [6, 6.07) is 14.0. The summed E-state index contributed by atoms with van der Waals surface area (Å²) in [5.41, 5.74) is 0.810. The molecule has 2 aromatic carbocycles. The molecule has 0 aromatic heterocycles. The average molecular weight is 342 g/mol. The van der Waals surface area contributed by atoms with Gasteiger partial charge in [0, 0.05) is 30.1 Å². The van der Waals surface area contributed by atoms with E-state index in [0.717, 1.165) is 16.5 Å². The van der Waals surface area contributed by atoms with E-state index in [4.69, 9.17) is 4.74 Å². The van der Waals surface area contributed by atoms with Crippen molar-refractivity contribution in [3.8, 4) is 0 Å². The van der Waals surface area contributed by atoms with E-state index < -0.39 is 0 Å². The fraction of sp³-hybridized carbons (Fsp3) is 0.400. The zero-order valence-electron chi connectivity index (χ0n) is 15.1. The van der Waals surface area contributed by atoms with E-state index in [1.165, 1.54) is 0 Å². The van der Waals surface area contributed by atoms with Crippen molar-refractivity contribution in [1.29, 1.82) is 0 Å². The zero-order valence-corrected chi connectivity index (χ0v) is 15.1. The Labute approximate surface area is 149 Å². The van der Waals surface area contributed by atoms with Crippen LogP contribution in [0.5, 0.6) is 0 Å². The fourth-order valence-corrected chi connectivity index (χ4v) is 2.68. The molecule has 1 N–H and O–H groups in total. The number of esters is 1. The largest absolute Gasteiger partial charge is 0.465 e. The quantitative estimate of drug-likeness (QED) is 0.747. The number of hydrogen-bond acceptors (Lipinski definition) is 4. The van der Waals surface area contributed by atoms with Gasteiger partial charge in [0.15, 0.2) is 0 Å². The highest BCUT2D eigenvalue weighted by Crippen LogP contribution is 2.23. The van der Waals surface area contributed by atoms with Gasteiger partial charge >= 0.3 is 5.97 Å². The first-order chi connectivity index (χ1) is 12.0. The number of nitrogens with zero attached hydrogens (tertiary/aromatic N) is 1. The standard InChI is InChI=1S/C20H26N2O3/c1-4-25-20(24)14-22(15(2)3)13-12-19(23)21-18-11-7-9-16-8-5-6-10-17(16)18/h5-11,15H,4,12-14H2,1-3H3,(H,21,23). The van der Waals surface area contributed by atoms with Crippen LogP contribution in [0.15, 0.2) is 42.5 Å². The van der Waals surface area contributed by atoms with E-state index in [1.54, 1.807) is 6.92 Å². The van der Waals surface area contributed by atoms with Crippen molar-refractivity contribution >= 4 is 28.3 Å². The zero-order chi connectivity index (χ0) is 18.2. The lowest BCUT2D eigenvalue weighted by Gasteiger charge is -2.25. The highest BCUT2D eigenvalue weighted by molar-refractivity contribution is 6.02. The minimum atomic E-state index is -0.259. The van der Waals surface area contributed by atoms with Gasteiger partial charge in [-0.15, -0.1) is 0 Å². The van der Waals surface area contributed by atoms with Crippen LogP contribution in [0.2, 0.25) is 0 Å². The molecule has 5 heteroatoms. The van der Waals surface area contributed by atoms with Crippen LogP contribution in [0.4, 0.5) is 5.69 Å². The maximum absolute atomic E-state index is 12.3. The highest BCUT2D eigenvalue weighted by Gasteiger charge is 2.16. The van der Waals surface area contributed by atoms with Crippen molar-refractivity contribution in [3.63, 3.8) is 0 Å². The molecule has 2 aromatic rings. The molecule has 0 saturated carbocycles. The van der Waals surface area contributed by atoms with Gasteiger partial charge in [-0.3, -0.25) is 14.5 Å². The number of nitrogens with one attached hydrogen (secondary N) is 1. The smallest absolute Gasteiger partial charge is 0.320 e. The van der Waals surface area contributed by atoms with Crippen molar-refractivity contribution in [2.45, 2.75) is 33.2 Å². The first-order valence-electron chi connectivity index (χ1n) is 8.68. The molecule has 2 rings (SSSR count). The fourth-order valence-electron chi connectivity index (χ4n) is 2.68. The third kappa shape index (κ3) is 5.57. The Kier molecular flexibility index (Phi) is 6.95. The second-order valence-corrected chi connectivity index (χ2v) is 6.19. The first-order valence-corrected chi connectivity index (χ1v) is 8.68. The van der Waals surface area contributed by atoms with Crippen LogP contribution in [-0.4, -0.2) is 42.5 Å². The lowest BCUT2D eigenvalue weighted by Crippen LogP contribution is -2.38. The van der Waals surface area contributed by atoms with Crippen LogP contribution >= 0.6 is 0 Å². The van der Waals surface area contributed by atoms with Crippen LogP contribution in [0.25, 0.3) is 10.8 Å². The summed E-state index contributed by atoms with van der Waals surface area (Å²) < 4.78 is 4.99. The Morgan fingerprint density at radius 1 is 1.12 bits per heavy atom. The number of hydrogen-bond donors (Lipinski definition) is 1. The summed E-state index contributed by atoms with van der Waals surface area (Å²) in [5.74, 6) is -0.323. The lowest BCUT2D eigenvalue weighted by molar-refractivity contribution is -0.145. The molecular formula is C20H26N2O3. The normalized spacial score (nSPS) is 11.1. The van der Waals surface area contributed by atoms with Crippen molar-refractivity contribution in [3.05, 3.63) is 42.5 Å². The minimum Gasteiger partial charge on any atom is -0.465 e. The van der Waals surface area contributed by atoms with Gasteiger partial charge in [0.05, 0.1) is 13.2 Å². The number of rotatable bonds is 8. The van der Waals surface area contributed by atoms with Crippen LogP contribution in [0.3, 0.4) is 0 Å². The number of fused-ring (bicyclic) bond motifs is 1. The molecule has 0 saturated heterocycles. The molecule has 25 heavy (non-hydrogen) atoms. The van der Waals surface area contributed by atoms with Gasteiger partial charge < -0.3 is 10.1 Å². The molecular weight excluding hydrogens is 316 g/mol. The van der Waals surface area contributed by atoms with Crippen molar-refractivity contribution in [2.24, 2.45) is 0 Å². The predicted octanol–water partition coefficient (Wildman–Crippen LogP) is 3.44. The maximum Gasteiger partial charge on any atom is 0.320 e. The molecule has 0 aliphatic heterocycles. The van der Waals surface area contributed by atoms with Gasteiger partial charge in [-0.1, -0.05) is 36.4 Å². The summed E-state index contributed by atoms with van der Waals surface area (Å²) in [6.45, 7) is 6.87. The van der Waals surface area contributed by atoms with E-state index in [1.807, 2.05) is 61.2 Å². The van der Waals surface area contributed by atoms with E-state index in [-0.39, 0.29) is 24.5 Å². The second-order valence-electron chi connectivity index (χ2n) is 6.19. The summed E-state index contributed by atoms with van der Waals surface area (Å²) >= 11 is 0. The number of anilines is 1. The Balaban J connectivity index is 1.95. The Morgan fingerprint density at radius 3 is 2.56 bits per heavy atom. The maximum atomic E-state index is 12.3. The molecule has 0 bridgehead atoms. The second kappa shape index (κ2) is 9.18. The Bertz CT molecular complexity index is 722. The number of carbonyl (C=O) groups excluding carboxylic acids is 2. The molecule has 0 atom stereocenters. The molecule has 0 spiro atoms. The molecule has 0 radical (unpaired) electrons. The minimum absolute atomic E-state index is 0.0640. The van der Waals surface area contributed by atoms with Crippen LogP contribution in [0.1, 0.15) is 27.2 Å². The van der Waals surface area contributed by atoms with Crippen LogP contribution in [-0.2, 0) is 14.3 Å². The molecule has 0 fully saturated rings. The van der Waals surface area contributed by atoms with Gasteiger partial charge in [-0.2, -0.15) is 0 Å². The molecule has 134 valence electrons. The number of amides is 1. The van der Waals surface area contributed by atoms with Gasteiger partial charge in [-0.05, 0) is 32.2 Å². The summed E-state index contributed by atoms with van der Waals surface area (Å²) in [5, 5.41) is 5.08. The lowest BCUT2D eigenvalue weighted by atomic mass is 10.1. The Hall–Kier alpha value is -2.40. The third-order valence-electron chi connectivity index (χ3n) is 4.06. The molecule has 5 nitrogen and oxygen atoms in total. The van der Waals surface area contributed by atoms with Gasteiger partial charge in [0.2, 0.25) is 5.91 Å². The summed E-state index contributed by atoms with van der Waals surface area (Å²) in [7, 11) is 0. The van der Waals surface area contributed by atoms with Gasteiger partial charge in [0.1, 0.15) is 0 Å². The summed E-state index contributed by atoms with van der Waals surface area (Å²) in [6.07, 6.45) is 0.320. The monoisotopic (exact) mass is 342 g/mol. The molecule has 0 aliphatic carbocycles. The highest BCUT2D eigenvalue weighted by atomic mass is 16.5. The van der Waals surface area contributed by atoms with Gasteiger partial charge in [-0.25, -0.2) is 0 Å². The first kappa shape index (κ1) is 18.9. The van der Waals surface area contributed by atoms with E-state index >= 15 is 0 Å². The van der Waals surface area contributed by atoms with E-state index in [9.17, 15) is 9.59 Å². The van der Waals surface area contributed by atoms with Crippen molar-refractivity contribution < 1.29 is 14.3 Å². The van der Waals surface area contributed by atoms with Crippen molar-refractivity contribution in [1.82, 2.24) is 4.90 Å². The topological polar surface area (TPSA) is 58.6 Å². The van der Waals surface area contributed by atoms with Crippen LogP contribution < -0.4 is 5.32 Å². The SMILES string of the molecule is CCOC(=O)CN(CCC(=O)Nc1cccc2ccccc12)C(C)C. The number of benzene rings is 2. The van der Waals surface area contributed by atoms with Crippen molar-refractivity contribution in [2.75, 3.05) is 25.0 Å². The third-order valence-corrected chi connectivity index (χ3v) is 4.06. The average Bonchev–Trinajstić information content (AvgIpc) is 2.59. The summed E-state index contributed by atoms with van der Waals surface area (Å²) in [4.78, 5) is 26.0.